The van der Waals surface area contributed by atoms with Gasteiger partial charge < -0.3 is 20.1 Å². The lowest BCUT2D eigenvalue weighted by atomic mass is 10.1. The molecule has 6 heteroatoms. The van der Waals surface area contributed by atoms with Crippen molar-refractivity contribution in [1.82, 2.24) is 10.6 Å². The highest BCUT2D eigenvalue weighted by atomic mass is 16.5. The number of carbonyl (C=O) groups excluding carboxylic acids is 2. The third-order valence-corrected chi connectivity index (χ3v) is 4.67. The molecule has 0 saturated carbocycles. The fourth-order valence-electron chi connectivity index (χ4n) is 2.85. The van der Waals surface area contributed by atoms with Gasteiger partial charge in [0.05, 0.1) is 13.7 Å². The summed E-state index contributed by atoms with van der Waals surface area (Å²) < 4.78 is 10.8. The van der Waals surface area contributed by atoms with Gasteiger partial charge >= 0.3 is 0 Å². The van der Waals surface area contributed by atoms with Crippen LogP contribution in [0.1, 0.15) is 40.4 Å². The molecule has 2 aromatic carbocycles. The van der Waals surface area contributed by atoms with Crippen LogP contribution in [0.4, 0.5) is 0 Å². The number of nitrogens with one attached hydrogen (secondary N) is 2. The molecule has 0 saturated heterocycles. The van der Waals surface area contributed by atoms with Crippen molar-refractivity contribution in [2.75, 3.05) is 26.8 Å². The van der Waals surface area contributed by atoms with Crippen LogP contribution in [0.25, 0.3) is 0 Å². The molecule has 0 unspecified atom stereocenters. The SMILES string of the molecule is CCOc1ccc(CCC(=O)NCCNC(=O)c2ccc(C)c(C)c2)cc1OC. The minimum atomic E-state index is -0.135. The van der Waals surface area contributed by atoms with Crippen LogP contribution in [-0.2, 0) is 11.2 Å². The van der Waals surface area contributed by atoms with Crippen LogP contribution in [0.3, 0.4) is 0 Å². The van der Waals surface area contributed by atoms with Gasteiger partial charge in [-0.25, -0.2) is 0 Å². The van der Waals surface area contributed by atoms with Gasteiger partial charge in [0, 0.05) is 25.1 Å². The molecule has 0 aliphatic rings. The maximum Gasteiger partial charge on any atom is 0.251 e. The third kappa shape index (κ3) is 6.82. The molecule has 2 aromatic rings. The normalized spacial score (nSPS) is 10.3. The van der Waals surface area contributed by atoms with Crippen molar-refractivity contribution in [2.45, 2.75) is 33.6 Å². The number of hydrogen-bond donors (Lipinski definition) is 2. The summed E-state index contributed by atoms with van der Waals surface area (Å²) in [6, 6.07) is 11.3. The van der Waals surface area contributed by atoms with E-state index in [2.05, 4.69) is 10.6 Å². The third-order valence-electron chi connectivity index (χ3n) is 4.67. The van der Waals surface area contributed by atoms with Crippen LogP contribution < -0.4 is 20.1 Å². The Balaban J connectivity index is 1.72. The fourth-order valence-corrected chi connectivity index (χ4v) is 2.85. The molecule has 0 radical (unpaired) electrons. The molecule has 0 aromatic heterocycles. The molecule has 0 atom stereocenters. The summed E-state index contributed by atoms with van der Waals surface area (Å²) in [5.41, 5.74) is 3.86. The predicted octanol–water partition coefficient (Wildman–Crippen LogP) is 3.19. The van der Waals surface area contributed by atoms with E-state index in [1.165, 1.54) is 0 Å². The van der Waals surface area contributed by atoms with Crippen LogP contribution in [0, 0.1) is 13.8 Å². The van der Waals surface area contributed by atoms with Crippen LogP contribution in [0.2, 0.25) is 0 Å². The van der Waals surface area contributed by atoms with Crippen molar-refractivity contribution >= 4 is 11.8 Å². The van der Waals surface area contributed by atoms with E-state index in [-0.39, 0.29) is 11.8 Å². The van der Waals surface area contributed by atoms with Crippen LogP contribution >= 0.6 is 0 Å². The first kappa shape index (κ1) is 22.3. The largest absolute Gasteiger partial charge is 0.493 e. The average molecular weight is 399 g/mol. The molecule has 2 amide bonds. The number of amides is 2. The van der Waals surface area contributed by atoms with Crippen molar-refractivity contribution in [3.05, 3.63) is 58.7 Å². The van der Waals surface area contributed by atoms with E-state index in [0.29, 0.717) is 49.6 Å². The Labute approximate surface area is 172 Å². The molecule has 0 spiro atoms. The van der Waals surface area contributed by atoms with Gasteiger partial charge in [0.1, 0.15) is 0 Å². The Kier molecular flexibility index (Phi) is 8.52. The number of rotatable bonds is 10. The van der Waals surface area contributed by atoms with E-state index in [1.807, 2.05) is 51.1 Å². The molecule has 0 heterocycles. The van der Waals surface area contributed by atoms with Gasteiger partial charge in [-0.3, -0.25) is 9.59 Å². The summed E-state index contributed by atoms with van der Waals surface area (Å²) in [5.74, 6) is 1.17. The molecule has 2 N–H and O–H groups in total. The number of hydrogen-bond acceptors (Lipinski definition) is 4. The van der Waals surface area contributed by atoms with Gasteiger partial charge in [-0.2, -0.15) is 0 Å². The molecule has 0 bridgehead atoms. The zero-order chi connectivity index (χ0) is 21.2. The molecule has 156 valence electrons. The van der Waals surface area contributed by atoms with E-state index >= 15 is 0 Å². The molecule has 6 nitrogen and oxygen atoms in total. The lowest BCUT2D eigenvalue weighted by molar-refractivity contribution is -0.121. The van der Waals surface area contributed by atoms with Gasteiger partial charge in [0.25, 0.3) is 5.91 Å². The van der Waals surface area contributed by atoms with Crippen LogP contribution in [-0.4, -0.2) is 38.6 Å². The number of carbonyl (C=O) groups is 2. The highest BCUT2D eigenvalue weighted by molar-refractivity contribution is 5.94. The lowest BCUT2D eigenvalue weighted by Gasteiger charge is -2.11. The minimum absolute atomic E-state index is 0.0571. The van der Waals surface area contributed by atoms with Crippen molar-refractivity contribution in [2.24, 2.45) is 0 Å². The highest BCUT2D eigenvalue weighted by Crippen LogP contribution is 2.28. The van der Waals surface area contributed by atoms with Gasteiger partial charge in [0.2, 0.25) is 5.91 Å². The Morgan fingerprint density at radius 1 is 0.931 bits per heavy atom. The van der Waals surface area contributed by atoms with Gasteiger partial charge in [-0.15, -0.1) is 0 Å². The predicted molar refractivity (Wildman–Crippen MR) is 114 cm³/mol. The van der Waals surface area contributed by atoms with E-state index in [9.17, 15) is 9.59 Å². The summed E-state index contributed by atoms with van der Waals surface area (Å²) in [4.78, 5) is 24.2. The second-order valence-corrected chi connectivity index (χ2v) is 6.82. The second-order valence-electron chi connectivity index (χ2n) is 6.82. The molecular formula is C23H30N2O4. The number of aryl methyl sites for hydroxylation is 3. The standard InChI is InChI=1S/C23H30N2O4/c1-5-29-20-10-7-18(15-21(20)28-4)8-11-22(26)24-12-13-25-23(27)19-9-6-16(2)17(3)14-19/h6-7,9-10,14-15H,5,8,11-13H2,1-4H3,(H,24,26)(H,25,27). The summed E-state index contributed by atoms with van der Waals surface area (Å²) in [6.45, 7) is 7.25. The number of methoxy groups -OCH3 is 1. The van der Waals surface area contributed by atoms with Crippen molar-refractivity contribution in [3.8, 4) is 11.5 Å². The van der Waals surface area contributed by atoms with Crippen LogP contribution in [0.15, 0.2) is 36.4 Å². The summed E-state index contributed by atoms with van der Waals surface area (Å²) in [6.07, 6.45) is 0.964. The van der Waals surface area contributed by atoms with E-state index in [1.54, 1.807) is 13.2 Å². The van der Waals surface area contributed by atoms with Gasteiger partial charge in [-0.1, -0.05) is 12.1 Å². The maximum absolute atomic E-state index is 12.2. The summed E-state index contributed by atoms with van der Waals surface area (Å²) >= 11 is 0. The Hall–Kier alpha value is -3.02. The second kappa shape index (κ2) is 11.1. The smallest absolute Gasteiger partial charge is 0.251 e. The molecule has 2 rings (SSSR count). The fraction of sp³-hybridized carbons (Fsp3) is 0.391. The monoisotopic (exact) mass is 398 g/mol. The van der Waals surface area contributed by atoms with Gasteiger partial charge in [0.15, 0.2) is 11.5 Å². The highest BCUT2D eigenvalue weighted by Gasteiger charge is 2.09. The zero-order valence-corrected chi connectivity index (χ0v) is 17.6. The molecule has 29 heavy (non-hydrogen) atoms. The topological polar surface area (TPSA) is 76.7 Å². The van der Waals surface area contributed by atoms with E-state index < -0.39 is 0 Å². The number of ether oxygens (including phenoxy) is 2. The average Bonchev–Trinajstić information content (AvgIpc) is 2.72. The first-order chi connectivity index (χ1) is 13.9. The Morgan fingerprint density at radius 2 is 1.69 bits per heavy atom. The Morgan fingerprint density at radius 3 is 2.38 bits per heavy atom. The lowest BCUT2D eigenvalue weighted by Crippen LogP contribution is -2.34. The molecule has 0 aliphatic heterocycles. The van der Waals surface area contributed by atoms with Gasteiger partial charge in [-0.05, 0) is 68.1 Å². The molecular weight excluding hydrogens is 368 g/mol. The molecule has 0 aliphatic carbocycles. The van der Waals surface area contributed by atoms with Crippen molar-refractivity contribution in [1.29, 1.82) is 0 Å². The number of benzene rings is 2. The van der Waals surface area contributed by atoms with Crippen molar-refractivity contribution < 1.29 is 19.1 Å². The minimum Gasteiger partial charge on any atom is -0.493 e. The molecule has 0 fully saturated rings. The maximum atomic E-state index is 12.2. The first-order valence-electron chi connectivity index (χ1n) is 9.86. The van der Waals surface area contributed by atoms with Crippen molar-refractivity contribution in [3.63, 3.8) is 0 Å². The first-order valence-corrected chi connectivity index (χ1v) is 9.86. The van der Waals surface area contributed by atoms with E-state index in [0.717, 1.165) is 16.7 Å². The van der Waals surface area contributed by atoms with E-state index in [4.69, 9.17) is 9.47 Å². The van der Waals surface area contributed by atoms with Crippen LogP contribution in [0.5, 0.6) is 11.5 Å². The zero-order valence-electron chi connectivity index (χ0n) is 17.6. The summed E-state index contributed by atoms with van der Waals surface area (Å²) in [7, 11) is 1.60. The quantitative estimate of drug-likeness (QED) is 0.603. The Bertz CT molecular complexity index is 849. The summed E-state index contributed by atoms with van der Waals surface area (Å²) in [5, 5.41) is 5.65.